The second kappa shape index (κ2) is 8.71. The average molecular weight is 416 g/mol. The molecule has 2 aromatic rings. The molecule has 2 N–H and O–H groups in total. The van der Waals surface area contributed by atoms with Gasteiger partial charge in [0.1, 0.15) is 0 Å². The maximum atomic E-state index is 12.8. The first kappa shape index (κ1) is 19.5. The number of amides is 1. The fraction of sp³-hybridized carbons (Fsp3) is 0.333. The molecular weight excluding hydrogens is 394 g/mol. The topological polar surface area (TPSA) is 81.2 Å². The molecule has 152 valence electrons. The number of nitrogens with zero attached hydrogens (tertiary/aromatic N) is 1. The van der Waals surface area contributed by atoms with Crippen LogP contribution in [0, 0.1) is 6.92 Å². The standard InChI is InChI=1S/C21H22ClN3O4/c1-13-16(22)5-2-6-17(13)24-21(23-11-15-4-3-9-27-15)25-20(26)14-7-8-18-19(10-14)29-12-28-18/h2,5-8,10,15H,3-4,9,11-12H2,1H3,(H2,23,24,25,26). The predicted octanol–water partition coefficient (Wildman–Crippen LogP) is 3.75. The van der Waals surface area contributed by atoms with Gasteiger partial charge in [-0.15, -0.1) is 0 Å². The van der Waals surface area contributed by atoms with Crippen molar-refractivity contribution in [2.75, 3.05) is 25.3 Å². The molecule has 1 atom stereocenters. The molecule has 0 saturated carbocycles. The summed E-state index contributed by atoms with van der Waals surface area (Å²) in [6.07, 6.45) is 2.05. The number of ether oxygens (including phenoxy) is 3. The van der Waals surface area contributed by atoms with Gasteiger partial charge >= 0.3 is 0 Å². The summed E-state index contributed by atoms with van der Waals surface area (Å²) in [5, 5.41) is 6.67. The van der Waals surface area contributed by atoms with Crippen LogP contribution in [0.5, 0.6) is 11.5 Å². The van der Waals surface area contributed by atoms with E-state index in [4.69, 9.17) is 25.8 Å². The Kier molecular flexibility index (Phi) is 5.87. The SMILES string of the molecule is Cc1c(Cl)cccc1NC(=NCC1CCCO1)NC(=O)c1ccc2c(c1)OCO2. The highest BCUT2D eigenvalue weighted by molar-refractivity contribution is 6.31. The zero-order valence-corrected chi connectivity index (χ0v) is 16.8. The van der Waals surface area contributed by atoms with Crippen LogP contribution in [0.1, 0.15) is 28.8 Å². The highest BCUT2D eigenvalue weighted by atomic mass is 35.5. The van der Waals surface area contributed by atoms with Crippen molar-refractivity contribution in [3.8, 4) is 11.5 Å². The molecular formula is C21H22ClN3O4. The molecule has 8 heteroatoms. The van der Waals surface area contributed by atoms with Crippen LogP contribution in [0.3, 0.4) is 0 Å². The molecule has 1 saturated heterocycles. The Morgan fingerprint density at radius 1 is 1.24 bits per heavy atom. The van der Waals surface area contributed by atoms with Crippen LogP contribution in [-0.4, -0.2) is 37.9 Å². The number of nitrogens with one attached hydrogen (secondary N) is 2. The predicted molar refractivity (Wildman–Crippen MR) is 111 cm³/mol. The number of carbonyl (C=O) groups is 1. The summed E-state index contributed by atoms with van der Waals surface area (Å²) in [4.78, 5) is 17.4. The lowest BCUT2D eigenvalue weighted by Crippen LogP contribution is -2.37. The van der Waals surface area contributed by atoms with Crippen molar-refractivity contribution in [2.45, 2.75) is 25.9 Å². The second-order valence-corrected chi connectivity index (χ2v) is 7.29. The molecule has 0 bridgehead atoms. The molecule has 0 aromatic heterocycles. The van der Waals surface area contributed by atoms with Crippen LogP contribution in [0.2, 0.25) is 5.02 Å². The Morgan fingerprint density at radius 2 is 2.10 bits per heavy atom. The van der Waals surface area contributed by atoms with Crippen molar-refractivity contribution < 1.29 is 19.0 Å². The van der Waals surface area contributed by atoms with Gasteiger partial charge in [-0.2, -0.15) is 0 Å². The minimum Gasteiger partial charge on any atom is -0.454 e. The summed E-state index contributed by atoms with van der Waals surface area (Å²) in [5.41, 5.74) is 2.09. The molecule has 0 aliphatic carbocycles. The van der Waals surface area contributed by atoms with Crippen molar-refractivity contribution in [3.63, 3.8) is 0 Å². The fourth-order valence-electron chi connectivity index (χ4n) is 3.18. The van der Waals surface area contributed by atoms with E-state index >= 15 is 0 Å². The van der Waals surface area contributed by atoms with E-state index in [9.17, 15) is 4.79 Å². The van der Waals surface area contributed by atoms with Gasteiger partial charge in [0.05, 0.1) is 12.6 Å². The van der Waals surface area contributed by atoms with Gasteiger partial charge in [0.25, 0.3) is 5.91 Å². The van der Waals surface area contributed by atoms with Crippen molar-refractivity contribution in [1.82, 2.24) is 5.32 Å². The van der Waals surface area contributed by atoms with Crippen LogP contribution in [0.15, 0.2) is 41.4 Å². The van der Waals surface area contributed by atoms with E-state index in [-0.39, 0.29) is 18.8 Å². The largest absolute Gasteiger partial charge is 0.454 e. The van der Waals surface area contributed by atoms with E-state index in [1.807, 2.05) is 25.1 Å². The summed E-state index contributed by atoms with van der Waals surface area (Å²) < 4.78 is 16.3. The Labute approximate surface area is 174 Å². The van der Waals surface area contributed by atoms with E-state index < -0.39 is 0 Å². The van der Waals surface area contributed by atoms with Crippen LogP contribution >= 0.6 is 11.6 Å². The van der Waals surface area contributed by atoms with Crippen LogP contribution in [0.25, 0.3) is 0 Å². The lowest BCUT2D eigenvalue weighted by atomic mass is 10.2. The summed E-state index contributed by atoms with van der Waals surface area (Å²) in [5.74, 6) is 1.21. The molecule has 7 nitrogen and oxygen atoms in total. The minimum absolute atomic E-state index is 0.0645. The van der Waals surface area contributed by atoms with E-state index in [1.54, 1.807) is 18.2 Å². The van der Waals surface area contributed by atoms with E-state index in [0.29, 0.717) is 34.6 Å². The van der Waals surface area contributed by atoms with Gasteiger partial charge in [-0.25, -0.2) is 4.99 Å². The van der Waals surface area contributed by atoms with Crippen molar-refractivity contribution >= 4 is 29.2 Å². The lowest BCUT2D eigenvalue weighted by molar-refractivity contribution is 0.0975. The molecule has 0 radical (unpaired) electrons. The molecule has 1 amide bonds. The molecule has 2 heterocycles. The summed E-state index contributed by atoms with van der Waals surface area (Å²) >= 11 is 6.22. The molecule has 2 aliphatic heterocycles. The Bertz CT molecular complexity index is 942. The third-order valence-corrected chi connectivity index (χ3v) is 5.27. The molecule has 1 unspecified atom stereocenters. The Hall–Kier alpha value is -2.77. The Morgan fingerprint density at radius 3 is 2.93 bits per heavy atom. The first-order chi connectivity index (χ1) is 14.1. The zero-order valence-electron chi connectivity index (χ0n) is 16.0. The van der Waals surface area contributed by atoms with Gasteiger partial charge in [-0.1, -0.05) is 17.7 Å². The highest BCUT2D eigenvalue weighted by Gasteiger charge is 2.19. The number of benzene rings is 2. The molecule has 2 aliphatic rings. The first-order valence-electron chi connectivity index (χ1n) is 9.49. The quantitative estimate of drug-likeness (QED) is 0.587. The van der Waals surface area contributed by atoms with E-state index in [2.05, 4.69) is 15.6 Å². The monoisotopic (exact) mass is 415 g/mol. The third-order valence-electron chi connectivity index (χ3n) is 4.86. The van der Waals surface area contributed by atoms with Gasteiger partial charge in [0.2, 0.25) is 12.8 Å². The highest BCUT2D eigenvalue weighted by Crippen LogP contribution is 2.32. The maximum absolute atomic E-state index is 12.8. The third kappa shape index (κ3) is 4.63. The lowest BCUT2D eigenvalue weighted by Gasteiger charge is -2.15. The van der Waals surface area contributed by atoms with Crippen molar-refractivity contribution in [2.24, 2.45) is 4.99 Å². The zero-order chi connectivity index (χ0) is 20.2. The number of aliphatic imine (C=N–C) groups is 1. The van der Waals surface area contributed by atoms with Crippen molar-refractivity contribution in [1.29, 1.82) is 0 Å². The first-order valence-corrected chi connectivity index (χ1v) is 9.87. The normalized spacial score (nSPS) is 18.0. The van der Waals surface area contributed by atoms with Gasteiger partial charge in [0.15, 0.2) is 11.5 Å². The van der Waals surface area contributed by atoms with Gasteiger partial charge in [-0.05, 0) is 55.7 Å². The van der Waals surface area contributed by atoms with Gasteiger partial charge < -0.3 is 19.5 Å². The molecule has 2 aromatic carbocycles. The number of fused-ring (bicyclic) bond motifs is 1. The smallest absolute Gasteiger partial charge is 0.258 e. The van der Waals surface area contributed by atoms with Crippen LogP contribution < -0.4 is 20.1 Å². The second-order valence-electron chi connectivity index (χ2n) is 6.88. The average Bonchev–Trinajstić information content (AvgIpc) is 3.40. The number of halogens is 1. The van der Waals surface area contributed by atoms with Gasteiger partial charge in [-0.3, -0.25) is 10.1 Å². The molecule has 1 fully saturated rings. The maximum Gasteiger partial charge on any atom is 0.258 e. The number of rotatable bonds is 4. The fourth-order valence-corrected chi connectivity index (χ4v) is 3.35. The van der Waals surface area contributed by atoms with Crippen LogP contribution in [0.4, 0.5) is 5.69 Å². The van der Waals surface area contributed by atoms with Crippen LogP contribution in [-0.2, 0) is 4.74 Å². The Balaban J connectivity index is 1.53. The van der Waals surface area contributed by atoms with E-state index in [1.165, 1.54) is 0 Å². The minimum atomic E-state index is -0.304. The number of anilines is 1. The van der Waals surface area contributed by atoms with E-state index in [0.717, 1.165) is 30.7 Å². The molecule has 4 rings (SSSR count). The molecule has 0 spiro atoms. The summed E-state index contributed by atoms with van der Waals surface area (Å²) in [6.45, 7) is 3.27. The molecule has 29 heavy (non-hydrogen) atoms. The summed E-state index contributed by atoms with van der Waals surface area (Å²) in [6, 6.07) is 10.6. The summed E-state index contributed by atoms with van der Waals surface area (Å²) in [7, 11) is 0. The van der Waals surface area contributed by atoms with Gasteiger partial charge in [0, 0.05) is 22.9 Å². The number of carbonyl (C=O) groups excluding carboxylic acids is 1. The number of guanidine groups is 1. The number of hydrogen-bond acceptors (Lipinski definition) is 5. The van der Waals surface area contributed by atoms with Crippen molar-refractivity contribution in [3.05, 3.63) is 52.5 Å². The number of hydrogen-bond donors (Lipinski definition) is 2.